The van der Waals surface area contributed by atoms with Gasteiger partial charge in [0.25, 0.3) is 5.91 Å². The zero-order chi connectivity index (χ0) is 22.0. The van der Waals surface area contributed by atoms with Crippen LogP contribution in [-0.2, 0) is 0 Å². The van der Waals surface area contributed by atoms with E-state index in [4.69, 9.17) is 5.11 Å². The number of hydrogen-bond donors (Lipinski definition) is 2. The van der Waals surface area contributed by atoms with Gasteiger partial charge in [-0.2, -0.15) is 0 Å². The maximum Gasteiger partial charge on any atom is 0.337 e. The predicted molar refractivity (Wildman–Crippen MR) is 123 cm³/mol. The number of aromatic nitrogens is 1. The standard InChI is InChI=1S/C26H22N2O3/c1-16(2)17-7-9-18(10-8-17)22-5-3-4-6-23(22)25(29)28-21-12-11-19-13-20(26(30)31)15-27-24(19)14-21/h3-16H,1-2H3,(H,28,29)(H,30,31). The van der Waals surface area contributed by atoms with Crippen LogP contribution >= 0.6 is 0 Å². The first-order valence-electron chi connectivity index (χ1n) is 10.1. The van der Waals surface area contributed by atoms with Crippen LogP contribution in [0.3, 0.4) is 0 Å². The second-order valence-electron chi connectivity index (χ2n) is 7.71. The highest BCUT2D eigenvalue weighted by Gasteiger charge is 2.14. The average molecular weight is 410 g/mol. The van der Waals surface area contributed by atoms with Gasteiger partial charge in [-0.25, -0.2) is 4.79 Å². The van der Waals surface area contributed by atoms with Crippen LogP contribution in [0.15, 0.2) is 79.0 Å². The van der Waals surface area contributed by atoms with Crippen LogP contribution in [0.5, 0.6) is 0 Å². The molecule has 0 aliphatic rings. The van der Waals surface area contributed by atoms with Crippen LogP contribution in [0.2, 0.25) is 0 Å². The molecular formula is C26H22N2O3. The number of amides is 1. The molecule has 0 saturated carbocycles. The van der Waals surface area contributed by atoms with E-state index in [-0.39, 0.29) is 11.5 Å². The summed E-state index contributed by atoms with van der Waals surface area (Å²) < 4.78 is 0. The number of nitrogens with zero attached hydrogens (tertiary/aromatic N) is 1. The summed E-state index contributed by atoms with van der Waals surface area (Å²) in [5, 5.41) is 12.7. The Labute approximate surface area is 180 Å². The van der Waals surface area contributed by atoms with Gasteiger partial charge in [0, 0.05) is 22.8 Å². The first-order valence-corrected chi connectivity index (χ1v) is 10.1. The van der Waals surface area contributed by atoms with Crippen molar-refractivity contribution in [3.63, 3.8) is 0 Å². The Morgan fingerprint density at radius 3 is 2.39 bits per heavy atom. The maximum atomic E-state index is 13.1. The molecule has 0 unspecified atom stereocenters. The number of carboxylic acids is 1. The monoisotopic (exact) mass is 410 g/mol. The molecule has 2 N–H and O–H groups in total. The van der Waals surface area contributed by atoms with Crippen LogP contribution in [0.4, 0.5) is 5.69 Å². The number of fused-ring (bicyclic) bond motifs is 1. The van der Waals surface area contributed by atoms with Crippen molar-refractivity contribution >= 4 is 28.5 Å². The molecule has 0 aliphatic heterocycles. The molecule has 3 aromatic carbocycles. The number of carboxylic acid groups (broad SMARTS) is 1. The second kappa shape index (κ2) is 8.40. The van der Waals surface area contributed by atoms with E-state index in [0.717, 1.165) is 11.1 Å². The van der Waals surface area contributed by atoms with Gasteiger partial charge in [0.05, 0.1) is 11.1 Å². The van der Waals surface area contributed by atoms with Gasteiger partial charge < -0.3 is 10.4 Å². The fourth-order valence-corrected chi connectivity index (χ4v) is 3.49. The Kier molecular flexibility index (Phi) is 5.50. The summed E-state index contributed by atoms with van der Waals surface area (Å²) in [6.07, 6.45) is 1.31. The third-order valence-electron chi connectivity index (χ3n) is 5.25. The second-order valence-corrected chi connectivity index (χ2v) is 7.71. The van der Waals surface area contributed by atoms with E-state index in [1.165, 1.54) is 11.8 Å². The summed E-state index contributed by atoms with van der Waals surface area (Å²) in [5.74, 6) is -0.796. The number of nitrogens with one attached hydrogen (secondary N) is 1. The number of carbonyl (C=O) groups is 2. The van der Waals surface area contributed by atoms with E-state index in [2.05, 4.69) is 36.3 Å². The van der Waals surface area contributed by atoms with Gasteiger partial charge in [0.1, 0.15) is 0 Å². The number of aromatic carboxylic acids is 1. The van der Waals surface area contributed by atoms with Gasteiger partial charge in [-0.05, 0) is 46.9 Å². The molecule has 1 heterocycles. The van der Waals surface area contributed by atoms with E-state index in [0.29, 0.717) is 28.1 Å². The van der Waals surface area contributed by atoms with E-state index in [9.17, 15) is 9.59 Å². The lowest BCUT2D eigenvalue weighted by atomic mass is 9.95. The van der Waals surface area contributed by atoms with Gasteiger partial charge in [0.2, 0.25) is 0 Å². The topological polar surface area (TPSA) is 79.3 Å². The lowest BCUT2D eigenvalue weighted by Crippen LogP contribution is -2.13. The summed E-state index contributed by atoms with van der Waals surface area (Å²) in [4.78, 5) is 28.4. The van der Waals surface area contributed by atoms with E-state index < -0.39 is 5.97 Å². The molecule has 0 bridgehead atoms. The van der Waals surface area contributed by atoms with Crippen LogP contribution in [-0.4, -0.2) is 22.0 Å². The molecule has 0 radical (unpaired) electrons. The fraction of sp³-hybridized carbons (Fsp3) is 0.115. The Bertz CT molecular complexity index is 1280. The van der Waals surface area contributed by atoms with Gasteiger partial charge in [-0.3, -0.25) is 9.78 Å². The molecule has 154 valence electrons. The molecule has 0 spiro atoms. The molecule has 5 nitrogen and oxygen atoms in total. The molecule has 0 saturated heterocycles. The molecule has 4 rings (SSSR count). The summed E-state index contributed by atoms with van der Waals surface area (Å²) in [5.41, 5.74) is 5.01. The van der Waals surface area contributed by atoms with E-state index in [1.807, 2.05) is 30.3 Å². The SMILES string of the molecule is CC(C)c1ccc(-c2ccccc2C(=O)Nc2ccc3cc(C(=O)O)cnc3c2)cc1. The highest BCUT2D eigenvalue weighted by molar-refractivity contribution is 6.09. The van der Waals surface area contributed by atoms with Crippen molar-refractivity contribution in [3.05, 3.63) is 95.7 Å². The molecular weight excluding hydrogens is 388 g/mol. The molecule has 4 aromatic rings. The third kappa shape index (κ3) is 4.31. The first kappa shape index (κ1) is 20.3. The van der Waals surface area contributed by atoms with Crippen LogP contribution in [0.1, 0.15) is 46.0 Å². The lowest BCUT2D eigenvalue weighted by Gasteiger charge is -2.12. The number of benzene rings is 3. The molecule has 0 fully saturated rings. The Hall–Kier alpha value is -3.99. The van der Waals surface area contributed by atoms with Crippen molar-refractivity contribution in [3.8, 4) is 11.1 Å². The molecule has 0 atom stereocenters. The lowest BCUT2D eigenvalue weighted by molar-refractivity contribution is 0.0696. The average Bonchev–Trinajstić information content (AvgIpc) is 2.78. The molecule has 1 amide bonds. The summed E-state index contributed by atoms with van der Waals surface area (Å²) in [6, 6.07) is 22.6. The van der Waals surface area contributed by atoms with Crippen molar-refractivity contribution in [2.75, 3.05) is 5.32 Å². The molecule has 0 aliphatic carbocycles. The zero-order valence-electron chi connectivity index (χ0n) is 17.3. The number of anilines is 1. The number of rotatable bonds is 5. The normalized spacial score (nSPS) is 10.9. The van der Waals surface area contributed by atoms with Gasteiger partial charge >= 0.3 is 5.97 Å². The number of carbonyl (C=O) groups excluding carboxylic acids is 1. The third-order valence-corrected chi connectivity index (χ3v) is 5.25. The van der Waals surface area contributed by atoms with Crippen LogP contribution in [0, 0.1) is 0 Å². The van der Waals surface area contributed by atoms with Gasteiger partial charge in [0.15, 0.2) is 0 Å². The summed E-state index contributed by atoms with van der Waals surface area (Å²) in [7, 11) is 0. The Balaban J connectivity index is 1.62. The quantitative estimate of drug-likeness (QED) is 0.424. The van der Waals surface area contributed by atoms with Crippen molar-refractivity contribution in [2.24, 2.45) is 0 Å². The zero-order valence-corrected chi connectivity index (χ0v) is 17.3. The van der Waals surface area contributed by atoms with E-state index in [1.54, 1.807) is 30.3 Å². The van der Waals surface area contributed by atoms with Crippen molar-refractivity contribution in [1.29, 1.82) is 0 Å². The van der Waals surface area contributed by atoms with Crippen LogP contribution < -0.4 is 5.32 Å². The van der Waals surface area contributed by atoms with Crippen molar-refractivity contribution in [1.82, 2.24) is 4.98 Å². The minimum atomic E-state index is -1.02. The van der Waals surface area contributed by atoms with Gasteiger partial charge in [-0.15, -0.1) is 0 Å². The smallest absolute Gasteiger partial charge is 0.337 e. The highest BCUT2D eigenvalue weighted by Crippen LogP contribution is 2.27. The number of pyridine rings is 1. The van der Waals surface area contributed by atoms with Gasteiger partial charge in [-0.1, -0.05) is 62.4 Å². The minimum absolute atomic E-state index is 0.127. The minimum Gasteiger partial charge on any atom is -0.478 e. The molecule has 31 heavy (non-hydrogen) atoms. The first-order chi connectivity index (χ1) is 14.9. The Morgan fingerprint density at radius 2 is 1.68 bits per heavy atom. The highest BCUT2D eigenvalue weighted by atomic mass is 16.4. The predicted octanol–water partition coefficient (Wildman–Crippen LogP) is 5.98. The summed E-state index contributed by atoms with van der Waals surface area (Å²) in [6.45, 7) is 4.30. The largest absolute Gasteiger partial charge is 0.478 e. The van der Waals surface area contributed by atoms with E-state index >= 15 is 0 Å². The number of hydrogen-bond acceptors (Lipinski definition) is 3. The Morgan fingerprint density at radius 1 is 0.935 bits per heavy atom. The maximum absolute atomic E-state index is 13.1. The summed E-state index contributed by atoms with van der Waals surface area (Å²) >= 11 is 0. The molecule has 1 aromatic heterocycles. The van der Waals surface area contributed by atoms with Crippen molar-refractivity contribution in [2.45, 2.75) is 19.8 Å². The van der Waals surface area contributed by atoms with Crippen molar-refractivity contribution < 1.29 is 14.7 Å². The fourth-order valence-electron chi connectivity index (χ4n) is 3.49. The van der Waals surface area contributed by atoms with Crippen LogP contribution in [0.25, 0.3) is 22.0 Å². The molecule has 5 heteroatoms.